The van der Waals surface area contributed by atoms with Gasteiger partial charge in [0.1, 0.15) is 5.58 Å². The zero-order chi connectivity index (χ0) is 16.2. The number of carbonyl (C=O) groups is 2. The molecule has 2 heterocycles. The van der Waals surface area contributed by atoms with Crippen molar-refractivity contribution in [1.29, 1.82) is 0 Å². The summed E-state index contributed by atoms with van der Waals surface area (Å²) in [5.41, 5.74) is 0.744. The zero-order valence-corrected chi connectivity index (χ0v) is 13.4. The van der Waals surface area contributed by atoms with Crippen molar-refractivity contribution in [1.82, 2.24) is 10.2 Å². The van der Waals surface area contributed by atoms with Crippen LogP contribution in [0.25, 0.3) is 11.0 Å². The monoisotopic (exact) mass is 314 g/mol. The lowest BCUT2D eigenvalue weighted by atomic mass is 9.96. The van der Waals surface area contributed by atoms with Crippen LogP contribution in [0.15, 0.2) is 34.7 Å². The maximum atomic E-state index is 12.6. The van der Waals surface area contributed by atoms with Crippen molar-refractivity contribution in [3.63, 3.8) is 0 Å². The van der Waals surface area contributed by atoms with Crippen LogP contribution in [-0.2, 0) is 4.79 Å². The summed E-state index contributed by atoms with van der Waals surface area (Å²) in [6, 6.07) is 9.45. The number of nitrogens with zero attached hydrogens (tertiary/aromatic N) is 1. The first-order valence-electron chi connectivity index (χ1n) is 8.22. The van der Waals surface area contributed by atoms with Gasteiger partial charge >= 0.3 is 0 Å². The lowest BCUT2D eigenvalue weighted by molar-refractivity contribution is -0.121. The summed E-state index contributed by atoms with van der Waals surface area (Å²) in [5.74, 6) is 0.900. The molecule has 0 unspecified atom stereocenters. The number of piperidine rings is 1. The fourth-order valence-electron chi connectivity index (χ4n) is 2.97. The summed E-state index contributed by atoms with van der Waals surface area (Å²) in [6.45, 7) is 3.98. The first-order valence-corrected chi connectivity index (χ1v) is 8.22. The van der Waals surface area contributed by atoms with Crippen molar-refractivity contribution in [2.75, 3.05) is 19.6 Å². The minimum absolute atomic E-state index is 0.0442. The van der Waals surface area contributed by atoms with Gasteiger partial charge in [-0.3, -0.25) is 9.59 Å². The highest BCUT2D eigenvalue weighted by Gasteiger charge is 2.25. The SMILES string of the molecule is CCC(=O)NCC1CCN(C(=O)c2cc3ccccc3o2)CC1. The normalized spacial score (nSPS) is 15.8. The number of furan rings is 1. The molecular weight excluding hydrogens is 292 g/mol. The molecule has 0 spiro atoms. The molecule has 1 aromatic heterocycles. The van der Waals surface area contributed by atoms with Gasteiger partial charge in [-0.1, -0.05) is 25.1 Å². The van der Waals surface area contributed by atoms with Gasteiger partial charge in [-0.25, -0.2) is 0 Å². The highest BCUT2D eigenvalue weighted by molar-refractivity contribution is 5.96. The van der Waals surface area contributed by atoms with Gasteiger partial charge in [0.2, 0.25) is 5.91 Å². The van der Waals surface area contributed by atoms with Crippen LogP contribution in [0.3, 0.4) is 0 Å². The molecule has 23 heavy (non-hydrogen) atoms. The number of nitrogens with one attached hydrogen (secondary N) is 1. The maximum Gasteiger partial charge on any atom is 0.289 e. The largest absolute Gasteiger partial charge is 0.451 e. The van der Waals surface area contributed by atoms with E-state index in [2.05, 4.69) is 5.32 Å². The van der Waals surface area contributed by atoms with Crippen molar-refractivity contribution in [3.05, 3.63) is 36.1 Å². The molecule has 1 aliphatic rings. The lowest BCUT2D eigenvalue weighted by Gasteiger charge is -2.31. The molecule has 122 valence electrons. The van der Waals surface area contributed by atoms with Gasteiger partial charge in [0.15, 0.2) is 5.76 Å². The summed E-state index contributed by atoms with van der Waals surface area (Å²) in [4.78, 5) is 25.7. The Morgan fingerprint density at radius 1 is 1.26 bits per heavy atom. The first kappa shape index (κ1) is 15.6. The van der Waals surface area contributed by atoms with Crippen LogP contribution >= 0.6 is 0 Å². The number of carbonyl (C=O) groups excluding carboxylic acids is 2. The van der Waals surface area contributed by atoms with E-state index in [0.29, 0.717) is 37.7 Å². The van der Waals surface area contributed by atoms with Crippen molar-refractivity contribution in [2.24, 2.45) is 5.92 Å². The van der Waals surface area contributed by atoms with Crippen molar-refractivity contribution in [2.45, 2.75) is 26.2 Å². The molecule has 5 nitrogen and oxygen atoms in total. The molecule has 0 aliphatic carbocycles. The fraction of sp³-hybridized carbons (Fsp3) is 0.444. The molecule has 1 N–H and O–H groups in total. The molecule has 0 saturated carbocycles. The van der Waals surface area contributed by atoms with Crippen LogP contribution in [-0.4, -0.2) is 36.3 Å². The number of amides is 2. The van der Waals surface area contributed by atoms with Gasteiger partial charge in [-0.15, -0.1) is 0 Å². The average molecular weight is 314 g/mol. The number of rotatable bonds is 4. The highest BCUT2D eigenvalue weighted by atomic mass is 16.3. The summed E-state index contributed by atoms with van der Waals surface area (Å²) >= 11 is 0. The first-order chi connectivity index (χ1) is 11.2. The Balaban J connectivity index is 1.56. The van der Waals surface area contributed by atoms with Crippen LogP contribution < -0.4 is 5.32 Å². The van der Waals surface area contributed by atoms with Gasteiger partial charge in [0, 0.05) is 31.4 Å². The Labute approximate surface area is 135 Å². The molecular formula is C18H22N2O3. The predicted octanol–water partition coefficient (Wildman–Crippen LogP) is 2.81. The Kier molecular flexibility index (Phi) is 4.65. The van der Waals surface area contributed by atoms with Crippen LogP contribution in [0.4, 0.5) is 0 Å². The molecule has 0 atom stereocenters. The summed E-state index contributed by atoms with van der Waals surface area (Å²) in [5, 5.41) is 3.89. The van der Waals surface area contributed by atoms with E-state index in [1.807, 2.05) is 42.2 Å². The van der Waals surface area contributed by atoms with Crippen LogP contribution in [0.2, 0.25) is 0 Å². The summed E-state index contributed by atoms with van der Waals surface area (Å²) in [6.07, 6.45) is 2.34. The van der Waals surface area contributed by atoms with E-state index in [1.54, 1.807) is 0 Å². The third-order valence-corrected chi connectivity index (χ3v) is 4.45. The van der Waals surface area contributed by atoms with Gasteiger partial charge < -0.3 is 14.6 Å². The number of likely N-dealkylation sites (tertiary alicyclic amines) is 1. The number of hydrogen-bond acceptors (Lipinski definition) is 3. The Morgan fingerprint density at radius 2 is 2.00 bits per heavy atom. The number of hydrogen-bond donors (Lipinski definition) is 1. The minimum Gasteiger partial charge on any atom is -0.451 e. The predicted molar refractivity (Wildman–Crippen MR) is 88.1 cm³/mol. The fourth-order valence-corrected chi connectivity index (χ4v) is 2.97. The molecule has 1 saturated heterocycles. The highest BCUT2D eigenvalue weighted by Crippen LogP contribution is 2.23. The van der Waals surface area contributed by atoms with Crippen molar-refractivity contribution < 1.29 is 14.0 Å². The molecule has 1 fully saturated rings. The molecule has 1 aliphatic heterocycles. The van der Waals surface area contributed by atoms with E-state index in [-0.39, 0.29) is 11.8 Å². The smallest absolute Gasteiger partial charge is 0.289 e. The molecule has 0 radical (unpaired) electrons. The minimum atomic E-state index is -0.0442. The van der Waals surface area contributed by atoms with E-state index in [1.165, 1.54) is 0 Å². The van der Waals surface area contributed by atoms with E-state index in [4.69, 9.17) is 4.42 Å². The van der Waals surface area contributed by atoms with Crippen molar-refractivity contribution >= 4 is 22.8 Å². The van der Waals surface area contributed by atoms with Gasteiger partial charge in [0.05, 0.1) is 0 Å². The van der Waals surface area contributed by atoms with Crippen LogP contribution in [0, 0.1) is 5.92 Å². The number of para-hydroxylation sites is 1. The van der Waals surface area contributed by atoms with Gasteiger partial charge in [-0.2, -0.15) is 0 Å². The second kappa shape index (κ2) is 6.86. The molecule has 1 aromatic carbocycles. The Hall–Kier alpha value is -2.30. The Morgan fingerprint density at radius 3 is 2.70 bits per heavy atom. The molecule has 3 rings (SSSR count). The molecule has 2 aromatic rings. The van der Waals surface area contributed by atoms with Crippen LogP contribution in [0.1, 0.15) is 36.7 Å². The summed E-state index contributed by atoms with van der Waals surface area (Å²) in [7, 11) is 0. The third kappa shape index (κ3) is 3.55. The van der Waals surface area contributed by atoms with E-state index in [0.717, 1.165) is 23.8 Å². The van der Waals surface area contributed by atoms with E-state index >= 15 is 0 Å². The topological polar surface area (TPSA) is 62.6 Å². The quantitative estimate of drug-likeness (QED) is 0.944. The van der Waals surface area contributed by atoms with E-state index in [9.17, 15) is 9.59 Å². The van der Waals surface area contributed by atoms with Crippen LogP contribution in [0.5, 0.6) is 0 Å². The number of benzene rings is 1. The second-order valence-electron chi connectivity index (χ2n) is 6.04. The Bertz CT molecular complexity index is 666. The maximum absolute atomic E-state index is 12.6. The zero-order valence-electron chi connectivity index (χ0n) is 13.4. The van der Waals surface area contributed by atoms with E-state index < -0.39 is 0 Å². The lowest BCUT2D eigenvalue weighted by Crippen LogP contribution is -2.41. The standard InChI is InChI=1S/C18H22N2O3/c1-2-17(21)19-12-13-7-9-20(10-8-13)18(22)16-11-14-5-3-4-6-15(14)23-16/h3-6,11,13H,2,7-10,12H2,1H3,(H,19,21). The second-order valence-corrected chi connectivity index (χ2v) is 6.04. The van der Waals surface area contributed by atoms with Crippen molar-refractivity contribution in [3.8, 4) is 0 Å². The molecule has 0 bridgehead atoms. The van der Waals surface area contributed by atoms with Gasteiger partial charge in [0.25, 0.3) is 5.91 Å². The molecule has 5 heteroatoms. The molecule has 2 amide bonds. The average Bonchev–Trinajstić information content (AvgIpc) is 3.03. The van der Waals surface area contributed by atoms with Gasteiger partial charge in [-0.05, 0) is 30.9 Å². The number of fused-ring (bicyclic) bond motifs is 1. The summed E-state index contributed by atoms with van der Waals surface area (Å²) < 4.78 is 5.66. The third-order valence-electron chi connectivity index (χ3n) is 4.45.